The average Bonchev–Trinajstić information content (AvgIpc) is 2.72. The van der Waals surface area contributed by atoms with Gasteiger partial charge in [0.15, 0.2) is 0 Å². The molecule has 106 valence electrons. The number of carbonyl (C=O) groups is 1. The lowest BCUT2D eigenvalue weighted by molar-refractivity contribution is 0.0701. The number of carbonyl (C=O) groups excluding carboxylic acids is 1. The van der Waals surface area contributed by atoms with E-state index in [1.54, 1.807) is 17.9 Å². The van der Waals surface area contributed by atoms with Crippen LogP contribution in [0.5, 0.6) is 0 Å². The SMILES string of the molecule is Cc1occc1C(=O)N1CCCC(NS(C)(=O)=O)C1. The molecule has 1 aliphatic rings. The fourth-order valence-corrected chi connectivity index (χ4v) is 3.14. The largest absolute Gasteiger partial charge is 0.469 e. The number of aryl methyl sites for hydroxylation is 1. The Morgan fingerprint density at radius 3 is 2.84 bits per heavy atom. The van der Waals surface area contributed by atoms with Crippen LogP contribution in [-0.2, 0) is 10.0 Å². The first-order valence-electron chi connectivity index (χ1n) is 6.17. The molecule has 0 radical (unpaired) electrons. The van der Waals surface area contributed by atoms with Crippen LogP contribution in [0.15, 0.2) is 16.7 Å². The molecule has 19 heavy (non-hydrogen) atoms. The maximum absolute atomic E-state index is 12.3. The van der Waals surface area contributed by atoms with Gasteiger partial charge in [0.1, 0.15) is 5.76 Å². The Kier molecular flexibility index (Phi) is 3.96. The number of nitrogens with one attached hydrogen (secondary N) is 1. The van der Waals surface area contributed by atoms with Gasteiger partial charge < -0.3 is 9.32 Å². The fourth-order valence-electron chi connectivity index (χ4n) is 2.34. The van der Waals surface area contributed by atoms with Crippen molar-refractivity contribution in [3.8, 4) is 0 Å². The smallest absolute Gasteiger partial charge is 0.257 e. The molecule has 1 fully saturated rings. The van der Waals surface area contributed by atoms with Gasteiger partial charge in [-0.3, -0.25) is 4.79 Å². The Bertz CT molecular complexity index is 564. The summed E-state index contributed by atoms with van der Waals surface area (Å²) in [4.78, 5) is 14.0. The molecule has 6 nitrogen and oxygen atoms in total. The fraction of sp³-hybridized carbons (Fsp3) is 0.583. The third kappa shape index (κ3) is 3.57. The Balaban J connectivity index is 2.05. The van der Waals surface area contributed by atoms with Crippen molar-refractivity contribution in [1.29, 1.82) is 0 Å². The van der Waals surface area contributed by atoms with Gasteiger partial charge in [-0.05, 0) is 25.8 Å². The van der Waals surface area contributed by atoms with Crippen LogP contribution in [0.4, 0.5) is 0 Å². The van der Waals surface area contributed by atoms with Crippen molar-refractivity contribution in [2.45, 2.75) is 25.8 Å². The van der Waals surface area contributed by atoms with E-state index in [0.29, 0.717) is 24.4 Å². The van der Waals surface area contributed by atoms with E-state index in [4.69, 9.17) is 4.42 Å². The molecular weight excluding hydrogens is 268 g/mol. The van der Waals surface area contributed by atoms with Crippen molar-refractivity contribution in [3.63, 3.8) is 0 Å². The minimum atomic E-state index is -3.24. The summed E-state index contributed by atoms with van der Waals surface area (Å²) in [6, 6.07) is 1.44. The number of hydrogen-bond acceptors (Lipinski definition) is 4. The molecule has 0 spiro atoms. The molecule has 1 unspecified atom stereocenters. The third-order valence-electron chi connectivity index (χ3n) is 3.18. The second kappa shape index (κ2) is 5.34. The molecule has 0 aromatic carbocycles. The summed E-state index contributed by atoms with van der Waals surface area (Å²) in [6.45, 7) is 2.78. The number of furan rings is 1. The van der Waals surface area contributed by atoms with Gasteiger partial charge >= 0.3 is 0 Å². The lowest BCUT2D eigenvalue weighted by Crippen LogP contribution is -2.49. The summed E-state index contributed by atoms with van der Waals surface area (Å²) >= 11 is 0. The molecule has 1 atom stereocenters. The summed E-state index contributed by atoms with van der Waals surface area (Å²) in [5.74, 6) is 0.481. The number of piperidine rings is 1. The Hall–Kier alpha value is -1.34. The molecule has 1 amide bonds. The van der Waals surface area contributed by atoms with E-state index in [-0.39, 0.29) is 11.9 Å². The molecular formula is C12H18N2O4S. The highest BCUT2D eigenvalue weighted by Gasteiger charge is 2.27. The number of likely N-dealkylation sites (tertiary alicyclic amines) is 1. The van der Waals surface area contributed by atoms with E-state index < -0.39 is 10.0 Å². The second-order valence-corrected chi connectivity index (χ2v) is 6.65. The predicted molar refractivity (Wildman–Crippen MR) is 70.4 cm³/mol. The number of amides is 1. The summed E-state index contributed by atoms with van der Waals surface area (Å²) in [6.07, 6.45) is 4.16. The second-order valence-electron chi connectivity index (χ2n) is 4.87. The zero-order chi connectivity index (χ0) is 14.0. The van der Waals surface area contributed by atoms with Gasteiger partial charge in [-0.1, -0.05) is 0 Å². The van der Waals surface area contributed by atoms with Crippen molar-refractivity contribution < 1.29 is 17.6 Å². The Morgan fingerprint density at radius 2 is 2.26 bits per heavy atom. The maximum Gasteiger partial charge on any atom is 0.257 e. The Morgan fingerprint density at radius 1 is 1.53 bits per heavy atom. The molecule has 1 saturated heterocycles. The summed E-state index contributed by atoms with van der Waals surface area (Å²) in [5, 5.41) is 0. The first-order chi connectivity index (χ1) is 8.87. The summed E-state index contributed by atoms with van der Waals surface area (Å²) < 4.78 is 30.1. The quantitative estimate of drug-likeness (QED) is 0.889. The van der Waals surface area contributed by atoms with Crippen LogP contribution in [0.25, 0.3) is 0 Å². The monoisotopic (exact) mass is 286 g/mol. The van der Waals surface area contributed by atoms with Crippen LogP contribution in [0.3, 0.4) is 0 Å². The molecule has 2 heterocycles. The molecule has 0 saturated carbocycles. The zero-order valence-corrected chi connectivity index (χ0v) is 11.9. The van der Waals surface area contributed by atoms with Crippen LogP contribution < -0.4 is 4.72 Å². The van der Waals surface area contributed by atoms with E-state index in [1.807, 2.05) is 0 Å². The van der Waals surface area contributed by atoms with Crippen molar-refractivity contribution in [3.05, 3.63) is 23.7 Å². The first-order valence-corrected chi connectivity index (χ1v) is 8.06. The predicted octanol–water partition coefficient (Wildman–Crippen LogP) is 0.742. The average molecular weight is 286 g/mol. The molecule has 0 aliphatic carbocycles. The van der Waals surface area contributed by atoms with Gasteiger partial charge in [-0.2, -0.15) is 0 Å². The van der Waals surface area contributed by atoms with Gasteiger partial charge in [0.25, 0.3) is 5.91 Å². The Labute approximate surface area is 112 Å². The van der Waals surface area contributed by atoms with Gasteiger partial charge in [0, 0.05) is 19.1 Å². The van der Waals surface area contributed by atoms with Gasteiger partial charge in [-0.25, -0.2) is 13.1 Å². The summed E-state index contributed by atoms with van der Waals surface area (Å²) in [7, 11) is -3.24. The lowest BCUT2D eigenvalue weighted by Gasteiger charge is -2.32. The number of hydrogen-bond donors (Lipinski definition) is 1. The minimum Gasteiger partial charge on any atom is -0.469 e. The molecule has 2 rings (SSSR count). The number of rotatable bonds is 3. The van der Waals surface area contributed by atoms with Crippen molar-refractivity contribution in [2.24, 2.45) is 0 Å². The van der Waals surface area contributed by atoms with E-state index >= 15 is 0 Å². The molecule has 1 N–H and O–H groups in total. The summed E-state index contributed by atoms with van der Waals surface area (Å²) in [5.41, 5.74) is 0.542. The van der Waals surface area contributed by atoms with Gasteiger partial charge in [0.05, 0.1) is 18.1 Å². The van der Waals surface area contributed by atoms with Gasteiger partial charge in [0.2, 0.25) is 10.0 Å². The number of sulfonamides is 1. The van der Waals surface area contributed by atoms with Crippen LogP contribution in [0, 0.1) is 6.92 Å². The topological polar surface area (TPSA) is 79.6 Å². The van der Waals surface area contributed by atoms with Crippen molar-refractivity contribution in [1.82, 2.24) is 9.62 Å². The molecule has 1 aromatic heterocycles. The van der Waals surface area contributed by atoms with Crippen LogP contribution in [0.2, 0.25) is 0 Å². The zero-order valence-electron chi connectivity index (χ0n) is 11.0. The molecule has 7 heteroatoms. The highest BCUT2D eigenvalue weighted by molar-refractivity contribution is 7.88. The first kappa shape index (κ1) is 14.1. The van der Waals surface area contributed by atoms with E-state index in [2.05, 4.69) is 4.72 Å². The molecule has 1 aromatic rings. The normalized spacial score (nSPS) is 20.5. The highest BCUT2D eigenvalue weighted by atomic mass is 32.2. The van der Waals surface area contributed by atoms with E-state index in [9.17, 15) is 13.2 Å². The molecule has 1 aliphatic heterocycles. The van der Waals surface area contributed by atoms with Crippen molar-refractivity contribution in [2.75, 3.05) is 19.3 Å². The van der Waals surface area contributed by atoms with Gasteiger partial charge in [-0.15, -0.1) is 0 Å². The van der Waals surface area contributed by atoms with Crippen LogP contribution >= 0.6 is 0 Å². The highest BCUT2D eigenvalue weighted by Crippen LogP contribution is 2.17. The van der Waals surface area contributed by atoms with E-state index in [1.165, 1.54) is 6.26 Å². The number of nitrogens with zero attached hydrogens (tertiary/aromatic N) is 1. The van der Waals surface area contributed by atoms with E-state index in [0.717, 1.165) is 19.1 Å². The standard InChI is InChI=1S/C12H18N2O4S/c1-9-11(5-7-18-9)12(15)14-6-3-4-10(8-14)13-19(2,16)17/h5,7,10,13H,3-4,6,8H2,1-2H3. The maximum atomic E-state index is 12.3. The lowest BCUT2D eigenvalue weighted by atomic mass is 10.1. The minimum absolute atomic E-state index is 0.105. The van der Waals surface area contributed by atoms with Crippen LogP contribution in [-0.4, -0.2) is 44.6 Å². The molecule has 0 bridgehead atoms. The van der Waals surface area contributed by atoms with Crippen LogP contribution in [0.1, 0.15) is 29.0 Å². The van der Waals surface area contributed by atoms with Crippen molar-refractivity contribution >= 4 is 15.9 Å². The third-order valence-corrected chi connectivity index (χ3v) is 3.94.